The van der Waals surface area contributed by atoms with Crippen LogP contribution in [0.25, 0.3) is 0 Å². The van der Waals surface area contributed by atoms with Gasteiger partial charge in [-0.1, -0.05) is 24.3 Å². The Hall–Kier alpha value is -1.35. The second-order valence-corrected chi connectivity index (χ2v) is 7.78. The van der Waals surface area contributed by atoms with Crippen molar-refractivity contribution in [2.24, 2.45) is 5.92 Å². The van der Waals surface area contributed by atoms with Gasteiger partial charge in [0.15, 0.2) is 0 Å². The maximum absolute atomic E-state index is 13.1. The van der Waals surface area contributed by atoms with Crippen molar-refractivity contribution in [3.05, 3.63) is 35.4 Å². The van der Waals surface area contributed by atoms with Crippen molar-refractivity contribution in [2.75, 3.05) is 13.1 Å². The molecule has 1 aromatic rings. The van der Waals surface area contributed by atoms with E-state index >= 15 is 0 Å². The molecule has 3 fully saturated rings. The van der Waals surface area contributed by atoms with E-state index in [4.69, 9.17) is 0 Å². The number of carbonyl (C=O) groups is 1. The van der Waals surface area contributed by atoms with Crippen molar-refractivity contribution >= 4 is 5.91 Å². The van der Waals surface area contributed by atoms with Crippen LogP contribution in [0.5, 0.6) is 0 Å². The Morgan fingerprint density at radius 2 is 2.05 bits per heavy atom. The number of carbonyl (C=O) groups excluding carboxylic acids is 1. The Bertz CT molecular complexity index is 628. The van der Waals surface area contributed by atoms with E-state index < -0.39 is 0 Å². The molecule has 1 amide bonds. The molecule has 4 aliphatic rings. The lowest BCUT2D eigenvalue weighted by molar-refractivity contribution is -0.133. The normalized spacial score (nSPS) is 38.9. The van der Waals surface area contributed by atoms with Crippen LogP contribution in [0, 0.1) is 5.92 Å². The predicted octanol–water partition coefficient (Wildman–Crippen LogP) is 2.24. The second kappa shape index (κ2) is 4.58. The molecule has 0 radical (unpaired) electrons. The van der Waals surface area contributed by atoms with Crippen molar-refractivity contribution in [3.63, 3.8) is 0 Å². The molecule has 0 aromatic heterocycles. The van der Waals surface area contributed by atoms with Gasteiger partial charge in [-0.2, -0.15) is 0 Å². The molecule has 2 aliphatic heterocycles. The number of benzene rings is 1. The number of nitrogens with zero attached hydrogens (tertiary/aromatic N) is 1. The standard InChI is InChI=1S/C19H24N2O/c22-18(21-10-8-14-5-6-15(12-21)20-14)17-11-19(17)9-7-13-3-1-2-4-16(13)19/h1-4,14-15,17,20H,5-12H2. The molecule has 3 heteroatoms. The molecule has 4 unspecified atom stereocenters. The van der Waals surface area contributed by atoms with Gasteiger partial charge in [-0.3, -0.25) is 4.79 Å². The van der Waals surface area contributed by atoms with Gasteiger partial charge in [0, 0.05) is 36.5 Å². The minimum Gasteiger partial charge on any atom is -0.341 e. The van der Waals surface area contributed by atoms with E-state index in [0.29, 0.717) is 18.0 Å². The Kier molecular flexibility index (Phi) is 2.73. The largest absolute Gasteiger partial charge is 0.341 e. The predicted molar refractivity (Wildman–Crippen MR) is 85.7 cm³/mol. The van der Waals surface area contributed by atoms with Crippen LogP contribution >= 0.6 is 0 Å². The number of hydrogen-bond donors (Lipinski definition) is 1. The highest BCUT2D eigenvalue weighted by Crippen LogP contribution is 2.62. The molecule has 3 nitrogen and oxygen atoms in total. The lowest BCUT2D eigenvalue weighted by Crippen LogP contribution is -2.40. The second-order valence-electron chi connectivity index (χ2n) is 7.78. The molecule has 2 heterocycles. The number of amides is 1. The number of rotatable bonds is 1. The van der Waals surface area contributed by atoms with E-state index in [-0.39, 0.29) is 11.3 Å². The zero-order chi connectivity index (χ0) is 14.7. The third kappa shape index (κ3) is 1.81. The van der Waals surface area contributed by atoms with E-state index in [1.807, 2.05) is 0 Å². The average Bonchev–Trinajstić information content (AvgIpc) is 2.99. The summed E-state index contributed by atoms with van der Waals surface area (Å²) in [6.45, 7) is 1.89. The first-order valence-corrected chi connectivity index (χ1v) is 8.89. The first-order valence-electron chi connectivity index (χ1n) is 8.89. The SMILES string of the molecule is O=C(C1CC12CCc1ccccc12)N1CCC2CCC(C1)N2. The Balaban J connectivity index is 1.36. The summed E-state index contributed by atoms with van der Waals surface area (Å²) in [5, 5.41) is 3.68. The zero-order valence-corrected chi connectivity index (χ0v) is 13.1. The highest BCUT2D eigenvalue weighted by molar-refractivity contribution is 5.85. The summed E-state index contributed by atoms with van der Waals surface area (Å²) in [5.74, 6) is 0.693. The van der Waals surface area contributed by atoms with Crippen LogP contribution in [0.1, 0.15) is 43.2 Å². The first-order chi connectivity index (χ1) is 10.8. The molecular formula is C19H24N2O. The lowest BCUT2D eigenvalue weighted by Gasteiger charge is -2.25. The number of fused-ring (bicyclic) bond motifs is 4. The van der Waals surface area contributed by atoms with Gasteiger partial charge in [0.25, 0.3) is 0 Å². The topological polar surface area (TPSA) is 32.3 Å². The lowest BCUT2D eigenvalue weighted by atomic mass is 9.95. The fourth-order valence-electron chi connectivity index (χ4n) is 5.28. The van der Waals surface area contributed by atoms with Crippen LogP contribution in [-0.2, 0) is 16.6 Å². The molecule has 2 aliphatic carbocycles. The van der Waals surface area contributed by atoms with Crippen LogP contribution in [-0.4, -0.2) is 36.0 Å². The molecule has 22 heavy (non-hydrogen) atoms. The minimum absolute atomic E-state index is 0.201. The van der Waals surface area contributed by atoms with E-state index in [0.717, 1.165) is 32.4 Å². The van der Waals surface area contributed by atoms with Crippen molar-refractivity contribution in [3.8, 4) is 0 Å². The van der Waals surface area contributed by atoms with Gasteiger partial charge in [0.1, 0.15) is 0 Å². The van der Waals surface area contributed by atoms with Crippen LogP contribution < -0.4 is 5.32 Å². The van der Waals surface area contributed by atoms with Crippen molar-refractivity contribution in [2.45, 2.75) is 56.0 Å². The fourth-order valence-corrected chi connectivity index (χ4v) is 5.28. The van der Waals surface area contributed by atoms with Crippen molar-refractivity contribution < 1.29 is 4.79 Å². The molecule has 116 valence electrons. The Morgan fingerprint density at radius 3 is 3.00 bits per heavy atom. The van der Waals surface area contributed by atoms with E-state index in [1.54, 1.807) is 0 Å². The van der Waals surface area contributed by atoms with E-state index in [9.17, 15) is 4.79 Å². The molecule has 1 spiro atoms. The highest BCUT2D eigenvalue weighted by Gasteiger charge is 2.62. The Morgan fingerprint density at radius 1 is 1.18 bits per heavy atom. The summed E-state index contributed by atoms with van der Waals surface area (Å²) >= 11 is 0. The van der Waals surface area contributed by atoms with Gasteiger partial charge in [0.05, 0.1) is 0 Å². The van der Waals surface area contributed by atoms with Crippen molar-refractivity contribution in [1.29, 1.82) is 0 Å². The minimum atomic E-state index is 0.201. The molecule has 1 saturated carbocycles. The van der Waals surface area contributed by atoms with Crippen LogP contribution in [0.3, 0.4) is 0 Å². The van der Waals surface area contributed by atoms with E-state index in [2.05, 4.69) is 34.5 Å². The maximum atomic E-state index is 13.1. The summed E-state index contributed by atoms with van der Waals surface area (Å²) in [4.78, 5) is 15.2. The number of nitrogens with one attached hydrogen (secondary N) is 1. The van der Waals surface area contributed by atoms with Crippen molar-refractivity contribution in [1.82, 2.24) is 10.2 Å². The van der Waals surface area contributed by atoms with E-state index in [1.165, 1.54) is 30.4 Å². The number of likely N-dealkylation sites (tertiary alicyclic amines) is 1. The summed E-state index contributed by atoms with van der Waals surface area (Å²) in [6, 6.07) is 9.99. The Labute approximate surface area is 132 Å². The fraction of sp³-hybridized carbons (Fsp3) is 0.632. The summed E-state index contributed by atoms with van der Waals surface area (Å²) in [5.41, 5.74) is 3.16. The van der Waals surface area contributed by atoms with Gasteiger partial charge >= 0.3 is 0 Å². The quantitative estimate of drug-likeness (QED) is 0.862. The van der Waals surface area contributed by atoms with Gasteiger partial charge in [-0.05, 0) is 49.7 Å². The zero-order valence-electron chi connectivity index (χ0n) is 13.1. The maximum Gasteiger partial charge on any atom is 0.226 e. The van der Waals surface area contributed by atoms with Gasteiger partial charge < -0.3 is 10.2 Å². The van der Waals surface area contributed by atoms with Crippen LogP contribution in [0.2, 0.25) is 0 Å². The highest BCUT2D eigenvalue weighted by atomic mass is 16.2. The number of hydrogen-bond acceptors (Lipinski definition) is 2. The van der Waals surface area contributed by atoms with Gasteiger partial charge in [0.2, 0.25) is 5.91 Å². The van der Waals surface area contributed by atoms with Gasteiger partial charge in [-0.25, -0.2) is 0 Å². The molecule has 2 saturated heterocycles. The number of aryl methyl sites for hydroxylation is 1. The molecule has 1 aromatic carbocycles. The van der Waals surface area contributed by atoms with Gasteiger partial charge in [-0.15, -0.1) is 0 Å². The summed E-state index contributed by atoms with van der Waals surface area (Å²) in [6.07, 6.45) is 7.10. The smallest absolute Gasteiger partial charge is 0.226 e. The molecule has 5 rings (SSSR count). The first kappa shape index (κ1) is 13.1. The molecule has 4 atom stereocenters. The summed E-state index contributed by atoms with van der Waals surface area (Å²) in [7, 11) is 0. The molecule has 1 N–H and O–H groups in total. The molecule has 2 bridgehead atoms. The third-order valence-electron chi connectivity index (χ3n) is 6.60. The summed E-state index contributed by atoms with van der Waals surface area (Å²) < 4.78 is 0. The third-order valence-corrected chi connectivity index (χ3v) is 6.60. The molecular weight excluding hydrogens is 272 g/mol. The van der Waals surface area contributed by atoms with Crippen LogP contribution in [0.15, 0.2) is 24.3 Å². The van der Waals surface area contributed by atoms with Crippen LogP contribution in [0.4, 0.5) is 0 Å². The average molecular weight is 296 g/mol. The monoisotopic (exact) mass is 296 g/mol.